The first-order valence-electron chi connectivity index (χ1n) is 4.89. The van der Waals surface area contributed by atoms with Gasteiger partial charge in [0.15, 0.2) is 5.11 Å². The summed E-state index contributed by atoms with van der Waals surface area (Å²) in [4.78, 5) is 13.3. The Bertz CT molecular complexity index is 281. The number of amides is 1. The number of likely N-dealkylation sites (tertiary alicyclic amines) is 1. The maximum atomic E-state index is 11.2. The number of hydrogen-bond acceptors (Lipinski definition) is 2. The second kappa shape index (κ2) is 3.38. The number of thiocarbonyl (C=S) groups is 1. The van der Waals surface area contributed by atoms with Crippen molar-refractivity contribution in [2.45, 2.75) is 12.8 Å². The molecule has 1 spiro atoms. The van der Waals surface area contributed by atoms with E-state index in [0.29, 0.717) is 6.42 Å². The molecule has 0 saturated carbocycles. The maximum absolute atomic E-state index is 11.2. The molecule has 2 rings (SSSR count). The van der Waals surface area contributed by atoms with Gasteiger partial charge in [0.25, 0.3) is 0 Å². The highest BCUT2D eigenvalue weighted by molar-refractivity contribution is 7.80. The van der Waals surface area contributed by atoms with Crippen LogP contribution < -0.4 is 10.6 Å². The fourth-order valence-electron chi connectivity index (χ4n) is 2.31. The highest BCUT2D eigenvalue weighted by Crippen LogP contribution is 2.36. The van der Waals surface area contributed by atoms with Crippen LogP contribution in [0.3, 0.4) is 0 Å². The first-order valence-corrected chi connectivity index (χ1v) is 5.29. The molecule has 14 heavy (non-hydrogen) atoms. The minimum Gasteiger partial charge on any atom is -0.366 e. The summed E-state index contributed by atoms with van der Waals surface area (Å²) < 4.78 is 0. The molecule has 1 atom stereocenters. The van der Waals surface area contributed by atoms with E-state index in [-0.39, 0.29) is 11.3 Å². The highest BCUT2D eigenvalue weighted by Gasteiger charge is 2.44. The van der Waals surface area contributed by atoms with Crippen LogP contribution >= 0.6 is 12.2 Å². The molecule has 0 bridgehead atoms. The van der Waals surface area contributed by atoms with Gasteiger partial charge in [-0.1, -0.05) is 0 Å². The summed E-state index contributed by atoms with van der Waals surface area (Å²) >= 11 is 5.17. The van der Waals surface area contributed by atoms with Gasteiger partial charge in [0.1, 0.15) is 0 Å². The highest BCUT2D eigenvalue weighted by atomic mass is 32.1. The second-order valence-corrected chi connectivity index (χ2v) is 4.57. The van der Waals surface area contributed by atoms with Gasteiger partial charge in [-0.2, -0.15) is 0 Å². The van der Waals surface area contributed by atoms with E-state index in [1.807, 2.05) is 7.05 Å². The molecule has 78 valence electrons. The molecule has 4 nitrogen and oxygen atoms in total. The lowest BCUT2D eigenvalue weighted by Gasteiger charge is -2.23. The first-order chi connectivity index (χ1) is 6.65. The molecule has 2 N–H and O–H groups in total. The standard InChI is InChI=1S/C9H15N3OS/c1-10-8(14)12-3-2-9(6-12)4-7(13)11-5-9/h2-6H2,1H3,(H,10,14)(H,11,13). The van der Waals surface area contributed by atoms with E-state index in [4.69, 9.17) is 12.2 Å². The van der Waals surface area contributed by atoms with Gasteiger partial charge in [0.2, 0.25) is 5.91 Å². The number of nitrogens with one attached hydrogen (secondary N) is 2. The second-order valence-electron chi connectivity index (χ2n) is 4.18. The predicted octanol–water partition coefficient (Wildman–Crippen LogP) is -0.297. The zero-order valence-electron chi connectivity index (χ0n) is 8.30. The fourth-order valence-corrected chi connectivity index (χ4v) is 2.46. The monoisotopic (exact) mass is 213 g/mol. The van der Waals surface area contributed by atoms with Crippen molar-refractivity contribution >= 4 is 23.2 Å². The van der Waals surface area contributed by atoms with Gasteiger partial charge >= 0.3 is 0 Å². The van der Waals surface area contributed by atoms with Gasteiger partial charge in [-0.05, 0) is 18.6 Å². The fraction of sp³-hybridized carbons (Fsp3) is 0.778. The molecule has 1 amide bonds. The topological polar surface area (TPSA) is 44.4 Å². The molecule has 1 unspecified atom stereocenters. The lowest BCUT2D eigenvalue weighted by molar-refractivity contribution is -0.119. The number of carbonyl (C=O) groups excluding carboxylic acids is 1. The van der Waals surface area contributed by atoms with E-state index in [1.54, 1.807) is 0 Å². The van der Waals surface area contributed by atoms with Crippen LogP contribution in [0.5, 0.6) is 0 Å². The van der Waals surface area contributed by atoms with Gasteiger partial charge in [-0.15, -0.1) is 0 Å². The third-order valence-electron chi connectivity index (χ3n) is 3.14. The molecule has 2 heterocycles. The van der Waals surface area contributed by atoms with Crippen molar-refractivity contribution in [2.75, 3.05) is 26.7 Å². The van der Waals surface area contributed by atoms with Crippen LogP contribution in [0.4, 0.5) is 0 Å². The average molecular weight is 213 g/mol. The van der Waals surface area contributed by atoms with Crippen LogP contribution in [-0.4, -0.2) is 42.6 Å². The molecule has 0 aromatic carbocycles. The van der Waals surface area contributed by atoms with Crippen LogP contribution in [0.1, 0.15) is 12.8 Å². The molecule has 0 radical (unpaired) electrons. The van der Waals surface area contributed by atoms with Gasteiger partial charge in [-0.25, -0.2) is 0 Å². The molecule has 0 aromatic heterocycles. The van der Waals surface area contributed by atoms with Crippen molar-refractivity contribution in [1.82, 2.24) is 15.5 Å². The number of rotatable bonds is 0. The van der Waals surface area contributed by atoms with Crippen molar-refractivity contribution < 1.29 is 4.79 Å². The number of nitrogens with zero attached hydrogens (tertiary/aromatic N) is 1. The molecule has 5 heteroatoms. The summed E-state index contributed by atoms with van der Waals surface area (Å²) in [5.74, 6) is 0.183. The summed E-state index contributed by atoms with van der Waals surface area (Å²) in [6, 6.07) is 0. The van der Waals surface area contributed by atoms with Crippen molar-refractivity contribution in [3.8, 4) is 0 Å². The van der Waals surface area contributed by atoms with Gasteiger partial charge < -0.3 is 15.5 Å². The molecular formula is C9H15N3OS. The lowest BCUT2D eigenvalue weighted by Crippen LogP contribution is -2.38. The molecular weight excluding hydrogens is 198 g/mol. The van der Waals surface area contributed by atoms with Gasteiger partial charge in [0, 0.05) is 38.5 Å². The normalized spacial score (nSPS) is 30.9. The zero-order chi connectivity index (χ0) is 10.2. The van der Waals surface area contributed by atoms with Crippen molar-refractivity contribution in [3.05, 3.63) is 0 Å². The van der Waals surface area contributed by atoms with E-state index in [0.717, 1.165) is 31.2 Å². The Hall–Kier alpha value is -0.840. The van der Waals surface area contributed by atoms with Crippen molar-refractivity contribution in [2.24, 2.45) is 5.41 Å². The average Bonchev–Trinajstić information content (AvgIpc) is 2.74. The van der Waals surface area contributed by atoms with Crippen LogP contribution in [0.25, 0.3) is 0 Å². The van der Waals surface area contributed by atoms with Crippen molar-refractivity contribution in [1.29, 1.82) is 0 Å². The third kappa shape index (κ3) is 1.56. The van der Waals surface area contributed by atoms with E-state index >= 15 is 0 Å². The van der Waals surface area contributed by atoms with Gasteiger partial charge in [0.05, 0.1) is 0 Å². The summed E-state index contributed by atoms with van der Waals surface area (Å²) in [5, 5.41) is 6.67. The molecule has 2 fully saturated rings. The van der Waals surface area contributed by atoms with Crippen LogP contribution in [0.2, 0.25) is 0 Å². The number of hydrogen-bond donors (Lipinski definition) is 2. The summed E-state index contributed by atoms with van der Waals surface area (Å²) in [7, 11) is 1.84. The van der Waals surface area contributed by atoms with Gasteiger partial charge in [-0.3, -0.25) is 4.79 Å². The quantitative estimate of drug-likeness (QED) is 0.542. The molecule has 0 aliphatic carbocycles. The SMILES string of the molecule is CNC(=S)N1CCC2(CNC(=O)C2)C1. The number of carbonyl (C=O) groups is 1. The molecule has 2 aliphatic heterocycles. The molecule has 0 aromatic rings. The minimum atomic E-state index is 0.151. The minimum absolute atomic E-state index is 0.151. The van der Waals surface area contributed by atoms with E-state index < -0.39 is 0 Å². The van der Waals surface area contributed by atoms with Crippen LogP contribution in [0, 0.1) is 5.41 Å². The molecule has 2 saturated heterocycles. The van der Waals surface area contributed by atoms with E-state index in [9.17, 15) is 4.79 Å². The van der Waals surface area contributed by atoms with Crippen LogP contribution in [0.15, 0.2) is 0 Å². The summed E-state index contributed by atoms with van der Waals surface area (Å²) in [6.07, 6.45) is 1.73. The third-order valence-corrected chi connectivity index (χ3v) is 3.60. The first kappa shape index (κ1) is 9.71. The maximum Gasteiger partial charge on any atom is 0.220 e. The Kier molecular flexibility index (Phi) is 2.34. The Morgan fingerprint density at radius 2 is 2.50 bits per heavy atom. The Morgan fingerprint density at radius 1 is 1.71 bits per heavy atom. The Labute approximate surface area is 89.0 Å². The summed E-state index contributed by atoms with van der Waals surface area (Å²) in [6.45, 7) is 2.69. The summed E-state index contributed by atoms with van der Waals surface area (Å²) in [5.41, 5.74) is 0.151. The van der Waals surface area contributed by atoms with Crippen molar-refractivity contribution in [3.63, 3.8) is 0 Å². The smallest absolute Gasteiger partial charge is 0.220 e. The predicted molar refractivity (Wildman–Crippen MR) is 57.9 cm³/mol. The lowest BCUT2D eigenvalue weighted by atomic mass is 9.86. The molecule has 2 aliphatic rings. The van der Waals surface area contributed by atoms with E-state index in [2.05, 4.69) is 15.5 Å². The zero-order valence-corrected chi connectivity index (χ0v) is 9.12. The largest absolute Gasteiger partial charge is 0.366 e. The van der Waals surface area contributed by atoms with Crippen LogP contribution in [-0.2, 0) is 4.79 Å². The van der Waals surface area contributed by atoms with E-state index in [1.165, 1.54) is 0 Å². The Balaban J connectivity index is 2.00. The Morgan fingerprint density at radius 3 is 3.07 bits per heavy atom.